The number of carbonyl (C=O) groups is 2. The summed E-state index contributed by atoms with van der Waals surface area (Å²) in [5, 5.41) is 15.2. The molecule has 2 atom stereocenters. The van der Waals surface area contributed by atoms with Crippen LogP contribution < -0.4 is 10.6 Å². The first-order chi connectivity index (χ1) is 14.8. The highest BCUT2D eigenvalue weighted by atomic mass is 32.2. The van der Waals surface area contributed by atoms with Gasteiger partial charge in [-0.2, -0.15) is 0 Å². The van der Waals surface area contributed by atoms with Crippen LogP contribution in [0.5, 0.6) is 0 Å². The lowest BCUT2D eigenvalue weighted by molar-refractivity contribution is -0.115. The van der Waals surface area contributed by atoms with Gasteiger partial charge in [-0.3, -0.25) is 9.59 Å². The van der Waals surface area contributed by atoms with Crippen LogP contribution in [-0.4, -0.2) is 36.8 Å². The van der Waals surface area contributed by atoms with Crippen LogP contribution in [0, 0.1) is 13.8 Å². The van der Waals surface area contributed by atoms with Crippen molar-refractivity contribution < 1.29 is 9.59 Å². The summed E-state index contributed by atoms with van der Waals surface area (Å²) in [5.41, 5.74) is 1.51. The maximum atomic E-state index is 12.6. The monoisotopic (exact) mass is 458 g/mol. The fraction of sp³-hybridized carbons (Fsp3) is 0.381. The minimum absolute atomic E-state index is 0.142. The van der Waals surface area contributed by atoms with E-state index in [0.717, 1.165) is 10.6 Å². The second kappa shape index (κ2) is 10.1. The third-order valence-corrected chi connectivity index (χ3v) is 6.81. The van der Waals surface area contributed by atoms with Gasteiger partial charge in [0.15, 0.2) is 16.1 Å². The van der Waals surface area contributed by atoms with Crippen molar-refractivity contribution in [3.05, 3.63) is 52.3 Å². The van der Waals surface area contributed by atoms with Gasteiger partial charge in [0.2, 0.25) is 5.91 Å². The second-order valence-electron chi connectivity index (χ2n) is 7.06. The number of hydrogen-bond acceptors (Lipinski definition) is 7. The summed E-state index contributed by atoms with van der Waals surface area (Å²) in [4.78, 5) is 30.5. The van der Waals surface area contributed by atoms with Crippen LogP contribution in [0.2, 0.25) is 0 Å². The molecule has 0 fully saturated rings. The molecule has 2 amide bonds. The van der Waals surface area contributed by atoms with Crippen molar-refractivity contribution in [2.75, 3.05) is 5.32 Å². The summed E-state index contributed by atoms with van der Waals surface area (Å²) >= 11 is 2.79. The number of thioether (sulfide) groups is 1. The molecular formula is C21H26N6O2S2. The Hall–Kier alpha value is -2.72. The minimum atomic E-state index is -0.388. The topological polar surface area (TPSA) is 102 Å². The number of rotatable bonds is 8. The molecule has 0 aliphatic rings. The molecule has 0 spiro atoms. The third kappa shape index (κ3) is 5.50. The largest absolute Gasteiger partial charge is 0.342 e. The molecule has 0 saturated carbocycles. The van der Waals surface area contributed by atoms with Crippen LogP contribution in [0.25, 0.3) is 0 Å². The summed E-state index contributed by atoms with van der Waals surface area (Å²) in [6, 6.07) is 8.71. The highest BCUT2D eigenvalue weighted by molar-refractivity contribution is 8.00. The van der Waals surface area contributed by atoms with Gasteiger partial charge >= 0.3 is 0 Å². The number of nitrogens with zero attached hydrogens (tertiary/aromatic N) is 4. The molecule has 0 radical (unpaired) electrons. The molecule has 10 heteroatoms. The van der Waals surface area contributed by atoms with Crippen molar-refractivity contribution in [3.63, 3.8) is 0 Å². The summed E-state index contributed by atoms with van der Waals surface area (Å²) in [6.07, 6.45) is 0. The van der Waals surface area contributed by atoms with Gasteiger partial charge in [0, 0.05) is 17.0 Å². The zero-order valence-electron chi connectivity index (χ0n) is 18.2. The number of anilines is 1. The Morgan fingerprint density at radius 1 is 1.16 bits per heavy atom. The Kier molecular flexibility index (Phi) is 7.45. The zero-order valence-corrected chi connectivity index (χ0v) is 19.8. The van der Waals surface area contributed by atoms with Crippen molar-refractivity contribution in [1.29, 1.82) is 0 Å². The molecule has 0 unspecified atom stereocenters. The third-order valence-electron chi connectivity index (χ3n) is 4.74. The average molecular weight is 459 g/mol. The molecule has 8 nitrogen and oxygen atoms in total. The normalized spacial score (nSPS) is 12.9. The van der Waals surface area contributed by atoms with E-state index in [1.165, 1.54) is 23.1 Å². The lowest BCUT2D eigenvalue weighted by Crippen LogP contribution is -2.28. The van der Waals surface area contributed by atoms with Gasteiger partial charge in [-0.25, -0.2) is 4.98 Å². The molecule has 2 heterocycles. The number of amides is 2. The van der Waals surface area contributed by atoms with Crippen molar-refractivity contribution in [1.82, 2.24) is 25.1 Å². The number of carbonyl (C=O) groups excluding carboxylic acids is 2. The molecular weight excluding hydrogens is 432 g/mol. The lowest BCUT2D eigenvalue weighted by Gasteiger charge is -2.16. The number of thiazole rings is 1. The smallest absolute Gasteiger partial charge is 0.251 e. The van der Waals surface area contributed by atoms with E-state index in [1.807, 2.05) is 57.4 Å². The van der Waals surface area contributed by atoms with E-state index in [9.17, 15) is 9.59 Å². The molecule has 164 valence electrons. The molecule has 0 aliphatic heterocycles. The fourth-order valence-electron chi connectivity index (χ4n) is 2.88. The predicted octanol–water partition coefficient (Wildman–Crippen LogP) is 3.98. The number of aryl methyl sites for hydroxylation is 2. The van der Waals surface area contributed by atoms with E-state index in [4.69, 9.17) is 0 Å². The Balaban J connectivity index is 1.67. The molecule has 1 aromatic carbocycles. The first kappa shape index (κ1) is 23.0. The summed E-state index contributed by atoms with van der Waals surface area (Å²) in [7, 11) is 0. The fourth-order valence-corrected chi connectivity index (χ4v) is 4.62. The van der Waals surface area contributed by atoms with E-state index in [0.29, 0.717) is 28.2 Å². The van der Waals surface area contributed by atoms with E-state index in [2.05, 4.69) is 25.8 Å². The van der Waals surface area contributed by atoms with Gasteiger partial charge < -0.3 is 15.2 Å². The maximum Gasteiger partial charge on any atom is 0.251 e. The van der Waals surface area contributed by atoms with E-state index >= 15 is 0 Å². The first-order valence-electron chi connectivity index (χ1n) is 10.0. The van der Waals surface area contributed by atoms with E-state index < -0.39 is 0 Å². The highest BCUT2D eigenvalue weighted by Gasteiger charge is 2.23. The Labute approximate surface area is 189 Å². The second-order valence-corrected chi connectivity index (χ2v) is 9.57. The Morgan fingerprint density at radius 3 is 2.48 bits per heavy atom. The van der Waals surface area contributed by atoms with Gasteiger partial charge in [-0.1, -0.05) is 30.0 Å². The van der Waals surface area contributed by atoms with Crippen LogP contribution in [0.15, 0.2) is 35.5 Å². The van der Waals surface area contributed by atoms with Crippen molar-refractivity contribution in [2.24, 2.45) is 0 Å². The van der Waals surface area contributed by atoms with Crippen LogP contribution in [-0.2, 0) is 11.3 Å². The average Bonchev–Trinajstić information content (AvgIpc) is 3.30. The highest BCUT2D eigenvalue weighted by Crippen LogP contribution is 2.27. The number of nitrogens with one attached hydrogen (secondary N) is 2. The predicted molar refractivity (Wildman–Crippen MR) is 124 cm³/mol. The van der Waals surface area contributed by atoms with Crippen LogP contribution in [0.1, 0.15) is 53.6 Å². The molecule has 2 aromatic heterocycles. The quantitative estimate of drug-likeness (QED) is 0.495. The molecule has 0 bridgehead atoms. The molecule has 3 aromatic rings. The minimum Gasteiger partial charge on any atom is -0.342 e. The van der Waals surface area contributed by atoms with Gasteiger partial charge in [-0.15, -0.1) is 21.5 Å². The van der Waals surface area contributed by atoms with Crippen molar-refractivity contribution in [2.45, 2.75) is 57.6 Å². The van der Waals surface area contributed by atoms with E-state index in [1.54, 1.807) is 12.1 Å². The molecule has 0 aliphatic carbocycles. The Morgan fingerprint density at radius 2 is 1.87 bits per heavy atom. The van der Waals surface area contributed by atoms with E-state index in [-0.39, 0.29) is 23.1 Å². The standard InChI is InChI=1S/C21H26N6O2S2/c1-6-27-17(13(3)22-19(29)16-10-8-7-9-11-16)25-26-21(27)31-15(5)18(28)24-20-23-12(2)14(4)30-20/h7-11,13,15H,6H2,1-5H3,(H,22,29)(H,23,24,28)/t13-,15+/m1/s1. The van der Waals surface area contributed by atoms with Gasteiger partial charge in [0.25, 0.3) is 5.91 Å². The number of hydrogen-bond donors (Lipinski definition) is 2. The summed E-state index contributed by atoms with van der Waals surface area (Å²) < 4.78 is 1.92. The van der Waals surface area contributed by atoms with Crippen molar-refractivity contribution >= 4 is 40.0 Å². The molecule has 3 rings (SSSR count). The zero-order chi connectivity index (χ0) is 22.5. The summed E-state index contributed by atoms with van der Waals surface area (Å²) in [6.45, 7) is 10.2. The maximum absolute atomic E-state index is 12.6. The SMILES string of the molecule is CCn1c(S[C@@H](C)C(=O)Nc2nc(C)c(C)s2)nnc1[C@@H](C)NC(=O)c1ccccc1. The van der Waals surface area contributed by atoms with Gasteiger partial charge in [-0.05, 0) is 46.8 Å². The number of benzene rings is 1. The summed E-state index contributed by atoms with van der Waals surface area (Å²) in [5.74, 6) is 0.333. The molecule has 2 N–H and O–H groups in total. The van der Waals surface area contributed by atoms with Crippen molar-refractivity contribution in [3.8, 4) is 0 Å². The van der Waals surface area contributed by atoms with Gasteiger partial charge in [0.05, 0.1) is 17.0 Å². The lowest BCUT2D eigenvalue weighted by atomic mass is 10.2. The van der Waals surface area contributed by atoms with Crippen LogP contribution in [0.4, 0.5) is 5.13 Å². The van der Waals surface area contributed by atoms with Gasteiger partial charge in [0.1, 0.15) is 0 Å². The Bertz CT molecular complexity index is 1040. The first-order valence-corrected chi connectivity index (χ1v) is 11.7. The molecule has 31 heavy (non-hydrogen) atoms. The molecule has 0 saturated heterocycles. The van der Waals surface area contributed by atoms with Crippen LogP contribution >= 0.6 is 23.1 Å². The van der Waals surface area contributed by atoms with Crippen LogP contribution in [0.3, 0.4) is 0 Å². The number of aromatic nitrogens is 4.